The second-order valence-electron chi connectivity index (χ2n) is 7.04. The maximum atomic E-state index is 12.4. The van der Waals surface area contributed by atoms with Gasteiger partial charge in [0.1, 0.15) is 5.92 Å². The molecule has 1 unspecified atom stereocenters. The Morgan fingerprint density at radius 3 is 1.86 bits per heavy atom. The van der Waals surface area contributed by atoms with Crippen LogP contribution in [0.5, 0.6) is 0 Å². The number of carbonyl (C=O) groups is 2. The molecule has 2 rings (SSSR count). The number of allylic oxidation sites excluding steroid dienone is 1. The topological polar surface area (TPSA) is 57.6 Å². The van der Waals surface area contributed by atoms with E-state index < -0.39 is 11.9 Å². The molecular weight excluding hydrogens is 362 g/mol. The minimum absolute atomic E-state index is 0.271. The van der Waals surface area contributed by atoms with E-state index >= 15 is 0 Å². The Hall–Kier alpha value is -2.88. The van der Waals surface area contributed by atoms with Gasteiger partial charge in [0.2, 0.25) is 5.91 Å². The van der Waals surface area contributed by atoms with Gasteiger partial charge in [0.25, 0.3) is 0 Å². The van der Waals surface area contributed by atoms with E-state index in [4.69, 9.17) is 0 Å². The quantitative estimate of drug-likeness (QED) is 0.419. The van der Waals surface area contributed by atoms with Crippen molar-refractivity contribution in [3.63, 3.8) is 0 Å². The predicted molar refractivity (Wildman–Crippen MR) is 117 cm³/mol. The number of carboxylic acids is 1. The van der Waals surface area contributed by atoms with Crippen molar-refractivity contribution in [2.24, 2.45) is 5.92 Å². The number of nitrogens with zero attached hydrogens (tertiary/aromatic N) is 1. The third-order valence-corrected chi connectivity index (χ3v) is 5.14. The van der Waals surface area contributed by atoms with Gasteiger partial charge in [-0.15, -0.1) is 0 Å². The van der Waals surface area contributed by atoms with E-state index in [1.54, 1.807) is 4.90 Å². The zero-order valence-electron chi connectivity index (χ0n) is 17.4. The minimum Gasteiger partial charge on any atom is -0.481 e. The summed E-state index contributed by atoms with van der Waals surface area (Å²) in [5.41, 5.74) is 3.51. The van der Waals surface area contributed by atoms with Crippen LogP contribution < -0.4 is 0 Å². The first-order valence-electron chi connectivity index (χ1n) is 10.4. The zero-order valence-corrected chi connectivity index (χ0v) is 17.4. The number of rotatable bonds is 11. The van der Waals surface area contributed by atoms with Gasteiger partial charge in [0, 0.05) is 13.1 Å². The molecule has 4 nitrogen and oxygen atoms in total. The lowest BCUT2D eigenvalue weighted by Gasteiger charge is -2.22. The first-order valence-corrected chi connectivity index (χ1v) is 10.4. The van der Waals surface area contributed by atoms with Crippen molar-refractivity contribution in [1.29, 1.82) is 0 Å². The molecule has 29 heavy (non-hydrogen) atoms. The van der Waals surface area contributed by atoms with Crippen molar-refractivity contribution < 1.29 is 14.7 Å². The van der Waals surface area contributed by atoms with E-state index in [2.05, 4.69) is 30.3 Å². The molecule has 1 atom stereocenters. The highest BCUT2D eigenvalue weighted by Crippen LogP contribution is 2.24. The van der Waals surface area contributed by atoms with Gasteiger partial charge < -0.3 is 10.0 Å². The Morgan fingerprint density at radius 1 is 0.897 bits per heavy atom. The molecule has 1 N–H and O–H groups in total. The number of benzene rings is 2. The maximum Gasteiger partial charge on any atom is 0.316 e. The fraction of sp³-hybridized carbons (Fsp3) is 0.360. The highest BCUT2D eigenvalue weighted by molar-refractivity contribution is 5.96. The molecule has 0 aliphatic carbocycles. The molecule has 0 aromatic heterocycles. The largest absolute Gasteiger partial charge is 0.481 e. The first kappa shape index (κ1) is 22.4. The zero-order chi connectivity index (χ0) is 21.1. The van der Waals surface area contributed by atoms with Crippen LogP contribution in [0.1, 0.15) is 50.7 Å². The van der Waals surface area contributed by atoms with Crippen LogP contribution in [0.2, 0.25) is 0 Å². The average Bonchev–Trinajstić information content (AvgIpc) is 2.75. The van der Waals surface area contributed by atoms with E-state index in [0.29, 0.717) is 25.9 Å². The summed E-state index contributed by atoms with van der Waals surface area (Å²) in [6, 6.07) is 20.5. The summed E-state index contributed by atoms with van der Waals surface area (Å²) < 4.78 is 0. The summed E-state index contributed by atoms with van der Waals surface area (Å²) >= 11 is 0. The SMILES string of the molecule is CCN(CC)C(=O)C(CCCCC=C(c1ccccc1)c1ccccc1)C(=O)O. The molecule has 0 aliphatic rings. The van der Waals surface area contributed by atoms with Gasteiger partial charge in [-0.1, -0.05) is 73.2 Å². The van der Waals surface area contributed by atoms with E-state index in [9.17, 15) is 14.7 Å². The number of carbonyl (C=O) groups excluding carboxylic acids is 1. The highest BCUT2D eigenvalue weighted by atomic mass is 16.4. The Balaban J connectivity index is 2.00. The van der Waals surface area contributed by atoms with Crippen LogP contribution in [0.25, 0.3) is 5.57 Å². The lowest BCUT2D eigenvalue weighted by atomic mass is 9.95. The van der Waals surface area contributed by atoms with E-state index in [1.807, 2.05) is 50.2 Å². The fourth-order valence-corrected chi connectivity index (χ4v) is 3.49. The lowest BCUT2D eigenvalue weighted by Crippen LogP contribution is -2.39. The first-order chi connectivity index (χ1) is 14.1. The van der Waals surface area contributed by atoms with Crippen LogP contribution in [0.4, 0.5) is 0 Å². The molecule has 2 aromatic rings. The molecule has 0 saturated heterocycles. The number of aliphatic carboxylic acids is 1. The third-order valence-electron chi connectivity index (χ3n) is 5.14. The summed E-state index contributed by atoms with van der Waals surface area (Å²) in [6.07, 6.45) is 4.98. The molecule has 0 radical (unpaired) electrons. The second kappa shape index (κ2) is 11.8. The molecule has 4 heteroatoms. The van der Waals surface area contributed by atoms with Gasteiger partial charge in [-0.3, -0.25) is 9.59 Å². The van der Waals surface area contributed by atoms with Gasteiger partial charge >= 0.3 is 5.97 Å². The van der Waals surface area contributed by atoms with Crippen LogP contribution in [0.3, 0.4) is 0 Å². The van der Waals surface area contributed by atoms with Crippen molar-refractivity contribution in [3.8, 4) is 0 Å². The smallest absolute Gasteiger partial charge is 0.316 e. The average molecular weight is 394 g/mol. The summed E-state index contributed by atoms with van der Waals surface area (Å²) in [7, 11) is 0. The van der Waals surface area contributed by atoms with Gasteiger partial charge in [-0.2, -0.15) is 0 Å². The maximum absolute atomic E-state index is 12.4. The molecule has 0 saturated carbocycles. The van der Waals surface area contributed by atoms with Crippen LogP contribution in [0.15, 0.2) is 66.7 Å². The summed E-state index contributed by atoms with van der Waals surface area (Å²) in [5, 5.41) is 9.47. The van der Waals surface area contributed by atoms with Gasteiger partial charge in [-0.05, 0) is 49.8 Å². The molecule has 0 spiro atoms. The normalized spacial score (nSPS) is 11.5. The summed E-state index contributed by atoms with van der Waals surface area (Å²) in [4.78, 5) is 25.6. The van der Waals surface area contributed by atoms with E-state index in [-0.39, 0.29) is 5.91 Å². The standard InChI is InChI=1S/C25H31NO3/c1-3-26(4-2)24(27)23(25(28)29)19-13-7-12-18-22(20-14-8-5-9-15-20)21-16-10-6-11-17-21/h5-6,8-11,14-18,23H,3-4,7,12-13,19H2,1-2H3,(H,28,29). The molecule has 0 fully saturated rings. The fourth-order valence-electron chi connectivity index (χ4n) is 3.49. The minimum atomic E-state index is -1.02. The second-order valence-corrected chi connectivity index (χ2v) is 7.04. The summed E-state index contributed by atoms with van der Waals surface area (Å²) in [5.74, 6) is -2.24. The summed E-state index contributed by atoms with van der Waals surface area (Å²) in [6.45, 7) is 4.83. The van der Waals surface area contributed by atoms with Crippen LogP contribution in [0, 0.1) is 5.92 Å². The predicted octanol–water partition coefficient (Wildman–Crippen LogP) is 5.25. The monoisotopic (exact) mass is 393 g/mol. The number of amides is 1. The number of carboxylic acid groups (broad SMARTS) is 1. The lowest BCUT2D eigenvalue weighted by molar-refractivity contribution is -0.151. The third kappa shape index (κ3) is 6.60. The van der Waals surface area contributed by atoms with Crippen molar-refractivity contribution in [2.75, 3.05) is 13.1 Å². The molecule has 154 valence electrons. The Kier molecular flexibility index (Phi) is 9.16. The Labute approximate surface area is 173 Å². The van der Waals surface area contributed by atoms with Crippen molar-refractivity contribution >= 4 is 17.4 Å². The van der Waals surface area contributed by atoms with Crippen molar-refractivity contribution in [1.82, 2.24) is 4.90 Å². The van der Waals surface area contributed by atoms with Crippen LogP contribution in [-0.2, 0) is 9.59 Å². The van der Waals surface area contributed by atoms with Crippen molar-refractivity contribution in [3.05, 3.63) is 77.9 Å². The van der Waals surface area contributed by atoms with E-state index in [0.717, 1.165) is 12.8 Å². The van der Waals surface area contributed by atoms with Crippen LogP contribution in [-0.4, -0.2) is 35.0 Å². The number of hydrogen-bond donors (Lipinski definition) is 1. The molecule has 2 aromatic carbocycles. The van der Waals surface area contributed by atoms with Crippen molar-refractivity contribution in [2.45, 2.75) is 39.5 Å². The molecule has 0 aliphatic heterocycles. The van der Waals surface area contributed by atoms with Gasteiger partial charge in [-0.25, -0.2) is 0 Å². The molecule has 0 heterocycles. The molecule has 1 amide bonds. The van der Waals surface area contributed by atoms with Crippen LogP contribution >= 0.6 is 0 Å². The molecule has 0 bridgehead atoms. The number of unbranched alkanes of at least 4 members (excludes halogenated alkanes) is 2. The molecular formula is C25H31NO3. The Bertz CT molecular complexity index is 754. The number of hydrogen-bond acceptors (Lipinski definition) is 2. The van der Waals surface area contributed by atoms with Gasteiger partial charge in [0.15, 0.2) is 0 Å². The van der Waals surface area contributed by atoms with Gasteiger partial charge in [0.05, 0.1) is 0 Å². The highest BCUT2D eigenvalue weighted by Gasteiger charge is 2.28. The van der Waals surface area contributed by atoms with E-state index in [1.165, 1.54) is 16.7 Å². The Morgan fingerprint density at radius 2 is 1.41 bits per heavy atom.